The first-order chi connectivity index (χ1) is 13.7. The minimum Gasteiger partial charge on any atom is -0.426 e. The largest absolute Gasteiger partial charge is 0.472 e. The van der Waals surface area contributed by atoms with Crippen molar-refractivity contribution in [3.63, 3.8) is 0 Å². The summed E-state index contributed by atoms with van der Waals surface area (Å²) in [6.07, 6.45) is 3.72. The van der Waals surface area contributed by atoms with Crippen molar-refractivity contribution < 1.29 is 19.6 Å². The summed E-state index contributed by atoms with van der Waals surface area (Å²) < 4.78 is 0. The van der Waals surface area contributed by atoms with Crippen LogP contribution in [-0.2, 0) is 4.79 Å². The molecule has 1 unspecified atom stereocenters. The summed E-state index contributed by atoms with van der Waals surface area (Å²) in [5.74, 6) is -0.120. The van der Waals surface area contributed by atoms with Crippen LogP contribution in [0.3, 0.4) is 0 Å². The maximum absolute atomic E-state index is 12.3. The van der Waals surface area contributed by atoms with E-state index in [2.05, 4.69) is 41.4 Å². The second-order valence-corrected chi connectivity index (χ2v) is 7.33. The highest BCUT2D eigenvalue weighted by Crippen LogP contribution is 2.21. The Hall–Kier alpha value is -2.49. The molecule has 10 heteroatoms. The second-order valence-electron chi connectivity index (χ2n) is 6.89. The van der Waals surface area contributed by atoms with Crippen LogP contribution < -0.4 is 10.6 Å². The Morgan fingerprint density at radius 1 is 1.21 bits per heavy atom. The Morgan fingerprint density at radius 3 is 2.45 bits per heavy atom. The molecule has 1 aromatic carbocycles. The first kappa shape index (κ1) is 24.6. The van der Waals surface area contributed by atoms with Gasteiger partial charge in [0.2, 0.25) is 5.91 Å². The van der Waals surface area contributed by atoms with E-state index in [0.717, 1.165) is 5.92 Å². The van der Waals surface area contributed by atoms with E-state index in [9.17, 15) is 9.59 Å². The summed E-state index contributed by atoms with van der Waals surface area (Å²) in [5.41, 5.74) is 0.741. The zero-order chi connectivity index (χ0) is 21.8. The third kappa shape index (κ3) is 10.6. The number of hydrogen-bond donors (Lipinski definition) is 4. The standard InChI is InChI=1S/C15H16BClN4O4.C4H10/c17-11-3-1-2-10(6-11)12(7-14(22)20-9-16(24)25)21-15(23)13-8-18-4-5-19-13;1-4(2)3/h1-6,8,12,24-25H,7,9H2,(H,20,22)(H,21,23);4H,1-3H3. The lowest BCUT2D eigenvalue weighted by molar-refractivity contribution is -0.121. The van der Waals surface area contributed by atoms with Crippen LogP contribution >= 0.6 is 11.6 Å². The topological polar surface area (TPSA) is 124 Å². The predicted molar refractivity (Wildman–Crippen MR) is 112 cm³/mol. The van der Waals surface area contributed by atoms with Crippen LogP contribution in [0, 0.1) is 5.92 Å². The zero-order valence-corrected chi connectivity index (χ0v) is 17.4. The lowest BCUT2D eigenvalue weighted by Crippen LogP contribution is -2.38. The molecule has 29 heavy (non-hydrogen) atoms. The molecule has 8 nitrogen and oxygen atoms in total. The van der Waals surface area contributed by atoms with E-state index in [4.69, 9.17) is 21.6 Å². The molecule has 0 saturated heterocycles. The average Bonchev–Trinajstić information content (AvgIpc) is 2.66. The van der Waals surface area contributed by atoms with Crippen molar-refractivity contribution in [3.8, 4) is 0 Å². The molecule has 2 rings (SSSR count). The van der Waals surface area contributed by atoms with Crippen molar-refractivity contribution in [2.75, 3.05) is 6.44 Å². The molecule has 0 bridgehead atoms. The minimum absolute atomic E-state index is 0.112. The maximum atomic E-state index is 12.3. The van der Waals surface area contributed by atoms with Crippen LogP contribution in [0.2, 0.25) is 5.02 Å². The summed E-state index contributed by atoms with van der Waals surface area (Å²) in [6.45, 7) is 6.50. The van der Waals surface area contributed by atoms with Crippen molar-refractivity contribution in [2.45, 2.75) is 33.2 Å². The first-order valence-corrected chi connectivity index (χ1v) is 9.52. The minimum atomic E-state index is -1.65. The monoisotopic (exact) mass is 420 g/mol. The van der Waals surface area contributed by atoms with E-state index >= 15 is 0 Å². The van der Waals surface area contributed by atoms with Gasteiger partial charge in [-0.2, -0.15) is 0 Å². The average molecular weight is 421 g/mol. The fourth-order valence-corrected chi connectivity index (χ4v) is 2.29. The molecule has 2 aromatic rings. The van der Waals surface area contributed by atoms with Gasteiger partial charge in [-0.1, -0.05) is 44.5 Å². The van der Waals surface area contributed by atoms with Gasteiger partial charge in [0, 0.05) is 17.4 Å². The second kappa shape index (κ2) is 12.9. The van der Waals surface area contributed by atoms with Crippen LogP contribution in [0.15, 0.2) is 42.9 Å². The number of benzene rings is 1. The number of nitrogens with one attached hydrogen (secondary N) is 2. The van der Waals surface area contributed by atoms with E-state index in [0.29, 0.717) is 10.6 Å². The number of carbonyl (C=O) groups is 2. The van der Waals surface area contributed by atoms with Crippen LogP contribution in [-0.4, -0.2) is 45.4 Å². The third-order valence-electron chi connectivity index (χ3n) is 3.22. The highest BCUT2D eigenvalue weighted by atomic mass is 35.5. The Morgan fingerprint density at radius 2 is 1.90 bits per heavy atom. The lowest BCUT2D eigenvalue weighted by Gasteiger charge is -2.19. The van der Waals surface area contributed by atoms with Gasteiger partial charge >= 0.3 is 7.12 Å². The molecule has 1 heterocycles. The number of aromatic nitrogens is 2. The Bertz CT molecular complexity index is 775. The molecule has 0 aliphatic heterocycles. The Kier molecular flexibility index (Phi) is 10.9. The van der Waals surface area contributed by atoms with Crippen LogP contribution in [0.4, 0.5) is 0 Å². The Balaban J connectivity index is 0.000000960. The summed E-state index contributed by atoms with van der Waals surface area (Å²) in [6, 6.07) is 6.06. The fraction of sp³-hybridized carbons (Fsp3) is 0.368. The van der Waals surface area contributed by atoms with Gasteiger partial charge in [-0.05, 0) is 23.6 Å². The molecule has 156 valence electrons. The molecule has 0 radical (unpaired) electrons. The van der Waals surface area contributed by atoms with Gasteiger partial charge in [-0.3, -0.25) is 14.6 Å². The van der Waals surface area contributed by atoms with E-state index < -0.39 is 25.0 Å². The number of carbonyl (C=O) groups excluding carboxylic acids is 2. The Labute approximate surface area is 175 Å². The molecule has 0 spiro atoms. The molecule has 2 amide bonds. The summed E-state index contributed by atoms with van der Waals surface area (Å²) in [7, 11) is -1.65. The van der Waals surface area contributed by atoms with E-state index in [-0.39, 0.29) is 18.6 Å². The van der Waals surface area contributed by atoms with Crippen molar-refractivity contribution in [3.05, 3.63) is 59.1 Å². The van der Waals surface area contributed by atoms with Gasteiger partial charge in [0.25, 0.3) is 5.91 Å². The van der Waals surface area contributed by atoms with Crippen molar-refractivity contribution in [1.29, 1.82) is 0 Å². The molecular weight excluding hydrogens is 394 g/mol. The summed E-state index contributed by atoms with van der Waals surface area (Å²) in [5, 5.41) is 23.2. The van der Waals surface area contributed by atoms with Crippen molar-refractivity contribution in [1.82, 2.24) is 20.6 Å². The molecule has 0 saturated carbocycles. The number of hydrogen-bond acceptors (Lipinski definition) is 6. The van der Waals surface area contributed by atoms with Gasteiger partial charge in [-0.15, -0.1) is 0 Å². The number of amides is 2. The fourth-order valence-electron chi connectivity index (χ4n) is 2.09. The SMILES string of the molecule is CC(C)C.O=C(CC(NC(=O)c1cnccn1)c1cccc(Cl)c1)NCB(O)O. The number of halogens is 1. The molecule has 4 N–H and O–H groups in total. The normalized spacial score (nSPS) is 11.1. The highest BCUT2D eigenvalue weighted by molar-refractivity contribution is 6.41. The molecule has 1 atom stereocenters. The van der Waals surface area contributed by atoms with E-state index in [1.54, 1.807) is 24.3 Å². The molecule has 1 aromatic heterocycles. The molecule has 0 aliphatic carbocycles. The van der Waals surface area contributed by atoms with Gasteiger partial charge in [-0.25, -0.2) is 4.98 Å². The number of nitrogens with zero attached hydrogens (tertiary/aromatic N) is 2. The molecular formula is C19H26BClN4O4. The smallest absolute Gasteiger partial charge is 0.426 e. The lowest BCUT2D eigenvalue weighted by atomic mass is 9.92. The van der Waals surface area contributed by atoms with Gasteiger partial charge in [0.15, 0.2) is 0 Å². The quantitative estimate of drug-likeness (QED) is 0.506. The van der Waals surface area contributed by atoms with Crippen LogP contribution in [0.25, 0.3) is 0 Å². The number of rotatable bonds is 7. The van der Waals surface area contributed by atoms with Crippen molar-refractivity contribution >= 4 is 30.5 Å². The van der Waals surface area contributed by atoms with E-state index in [1.165, 1.54) is 18.6 Å². The van der Waals surface area contributed by atoms with Gasteiger partial charge < -0.3 is 20.7 Å². The van der Waals surface area contributed by atoms with E-state index in [1.807, 2.05) is 0 Å². The zero-order valence-electron chi connectivity index (χ0n) is 16.7. The third-order valence-corrected chi connectivity index (χ3v) is 3.46. The predicted octanol–water partition coefficient (Wildman–Crippen LogP) is 1.78. The van der Waals surface area contributed by atoms with Gasteiger partial charge in [0.1, 0.15) is 5.69 Å². The highest BCUT2D eigenvalue weighted by Gasteiger charge is 2.21. The van der Waals surface area contributed by atoms with Crippen molar-refractivity contribution in [2.24, 2.45) is 5.92 Å². The van der Waals surface area contributed by atoms with Crippen LogP contribution in [0.5, 0.6) is 0 Å². The molecule has 0 aliphatic rings. The first-order valence-electron chi connectivity index (χ1n) is 9.14. The maximum Gasteiger partial charge on any atom is 0.472 e. The van der Waals surface area contributed by atoms with Crippen LogP contribution in [0.1, 0.15) is 49.3 Å². The summed E-state index contributed by atoms with van der Waals surface area (Å²) in [4.78, 5) is 32.0. The molecule has 0 fully saturated rings. The summed E-state index contributed by atoms with van der Waals surface area (Å²) >= 11 is 5.98. The van der Waals surface area contributed by atoms with Gasteiger partial charge in [0.05, 0.1) is 25.1 Å².